The smallest absolute Gasteiger partial charge is 0.252 e. The Labute approximate surface area is 137 Å². The lowest BCUT2D eigenvalue weighted by Gasteiger charge is -2.13. The molecule has 2 aromatic carbocycles. The highest BCUT2D eigenvalue weighted by Crippen LogP contribution is 2.38. The number of hydrogen-bond donors (Lipinski definition) is 2. The zero-order chi connectivity index (χ0) is 14.9. The molecule has 0 saturated heterocycles. The summed E-state index contributed by atoms with van der Waals surface area (Å²) in [6.45, 7) is 0. The van der Waals surface area contributed by atoms with Gasteiger partial charge in [0.2, 0.25) is 0 Å². The fourth-order valence-corrected chi connectivity index (χ4v) is 2.96. The fourth-order valence-electron chi connectivity index (χ4n) is 1.57. The lowest BCUT2D eigenvalue weighted by atomic mass is 10.1. The van der Waals surface area contributed by atoms with Crippen LogP contribution in [0.3, 0.4) is 0 Å². The molecule has 0 aliphatic heterocycles. The number of hydrogen-bond acceptors (Lipinski definition) is 3. The third-order valence-electron chi connectivity index (χ3n) is 2.44. The Bertz CT molecular complexity index is 692. The third-order valence-corrected chi connectivity index (χ3v) is 3.83. The fraction of sp³-hybridized carbons (Fsp3) is 0. The number of primary amides is 1. The van der Waals surface area contributed by atoms with Gasteiger partial charge < -0.3 is 16.2 Å². The van der Waals surface area contributed by atoms with Gasteiger partial charge in [-0.2, -0.15) is 0 Å². The summed E-state index contributed by atoms with van der Waals surface area (Å²) < 4.78 is 7.27. The van der Waals surface area contributed by atoms with Crippen molar-refractivity contribution in [3.63, 3.8) is 0 Å². The number of carbonyl (C=O) groups is 1. The van der Waals surface area contributed by atoms with Crippen LogP contribution in [0.4, 0.5) is 5.69 Å². The van der Waals surface area contributed by atoms with Gasteiger partial charge in [0.25, 0.3) is 5.91 Å². The van der Waals surface area contributed by atoms with Crippen molar-refractivity contribution in [1.82, 2.24) is 0 Å². The Morgan fingerprint density at radius 1 is 1.20 bits per heavy atom. The second kappa shape index (κ2) is 6.03. The normalized spacial score (nSPS) is 10.3. The van der Waals surface area contributed by atoms with Crippen LogP contribution in [-0.2, 0) is 0 Å². The minimum Gasteiger partial charge on any atom is -0.454 e. The van der Waals surface area contributed by atoms with E-state index in [9.17, 15) is 4.79 Å². The summed E-state index contributed by atoms with van der Waals surface area (Å²) in [6, 6.07) is 8.26. The zero-order valence-corrected chi connectivity index (χ0v) is 13.9. The molecule has 0 aromatic heterocycles. The predicted molar refractivity (Wildman–Crippen MR) is 86.3 cm³/mol. The van der Waals surface area contributed by atoms with E-state index in [0.717, 1.165) is 4.47 Å². The average Bonchev–Trinajstić information content (AvgIpc) is 2.34. The molecule has 2 rings (SSSR count). The summed E-state index contributed by atoms with van der Waals surface area (Å²) in [5.41, 5.74) is 11.4. The van der Waals surface area contributed by atoms with Gasteiger partial charge in [0.05, 0.1) is 15.1 Å². The van der Waals surface area contributed by atoms with Crippen molar-refractivity contribution in [2.45, 2.75) is 0 Å². The molecular weight excluding hydrogens is 411 g/mol. The van der Waals surface area contributed by atoms with Crippen LogP contribution in [0.2, 0.25) is 5.02 Å². The first-order chi connectivity index (χ1) is 9.38. The number of anilines is 1. The minimum atomic E-state index is -0.664. The maximum Gasteiger partial charge on any atom is 0.252 e. The Hall–Kier alpha value is -1.24. The molecule has 7 heteroatoms. The number of nitrogen functional groups attached to an aromatic ring is 1. The molecule has 0 aliphatic rings. The largest absolute Gasteiger partial charge is 0.454 e. The quantitative estimate of drug-likeness (QED) is 0.725. The van der Waals surface area contributed by atoms with Crippen LogP contribution >= 0.6 is 43.5 Å². The molecule has 0 unspecified atom stereocenters. The number of carbonyl (C=O) groups excluding carboxylic acids is 1. The highest BCUT2D eigenvalue weighted by atomic mass is 79.9. The van der Waals surface area contributed by atoms with E-state index >= 15 is 0 Å². The summed E-state index contributed by atoms with van der Waals surface area (Å²) in [5.74, 6) is 0.0150. The molecule has 0 fully saturated rings. The topological polar surface area (TPSA) is 78.3 Å². The lowest BCUT2D eigenvalue weighted by molar-refractivity contribution is 0.0998. The van der Waals surface area contributed by atoms with E-state index in [1.54, 1.807) is 12.1 Å². The van der Waals surface area contributed by atoms with E-state index in [2.05, 4.69) is 31.9 Å². The van der Waals surface area contributed by atoms with Crippen molar-refractivity contribution < 1.29 is 9.53 Å². The average molecular weight is 420 g/mol. The van der Waals surface area contributed by atoms with E-state index < -0.39 is 5.91 Å². The van der Waals surface area contributed by atoms with Crippen molar-refractivity contribution in [2.24, 2.45) is 5.73 Å². The first kappa shape index (κ1) is 15.2. The zero-order valence-electron chi connectivity index (χ0n) is 9.99. The molecule has 1 amide bonds. The standard InChI is InChI=1S/C13H9Br2ClN2O2/c14-6-1-2-11(9(15)3-6)20-12-8(13(18)19)4-7(17)5-10(12)16/h1-5H,17H2,(H2,18,19). The molecule has 0 spiro atoms. The maximum absolute atomic E-state index is 11.5. The maximum atomic E-state index is 11.5. The van der Waals surface area contributed by atoms with Gasteiger partial charge in [0.15, 0.2) is 5.75 Å². The van der Waals surface area contributed by atoms with Crippen molar-refractivity contribution >= 4 is 55.1 Å². The van der Waals surface area contributed by atoms with Crippen LogP contribution in [0.25, 0.3) is 0 Å². The van der Waals surface area contributed by atoms with Crippen molar-refractivity contribution in [3.8, 4) is 11.5 Å². The van der Waals surface area contributed by atoms with Gasteiger partial charge in [-0.15, -0.1) is 0 Å². The Morgan fingerprint density at radius 2 is 1.90 bits per heavy atom. The molecule has 20 heavy (non-hydrogen) atoms. The van der Waals surface area contributed by atoms with Crippen molar-refractivity contribution in [3.05, 3.63) is 49.9 Å². The first-order valence-corrected chi connectivity index (χ1v) is 7.36. The summed E-state index contributed by atoms with van der Waals surface area (Å²) >= 11 is 12.8. The number of halogens is 3. The molecule has 0 heterocycles. The van der Waals surface area contributed by atoms with Gasteiger partial charge >= 0.3 is 0 Å². The first-order valence-electron chi connectivity index (χ1n) is 5.40. The molecule has 2 aromatic rings. The van der Waals surface area contributed by atoms with Crippen LogP contribution in [0, 0.1) is 0 Å². The van der Waals surface area contributed by atoms with Crippen LogP contribution in [0.5, 0.6) is 11.5 Å². The van der Waals surface area contributed by atoms with Crippen LogP contribution in [0.15, 0.2) is 39.3 Å². The highest BCUT2D eigenvalue weighted by Gasteiger charge is 2.16. The van der Waals surface area contributed by atoms with E-state index in [0.29, 0.717) is 15.9 Å². The van der Waals surface area contributed by atoms with Crippen molar-refractivity contribution in [2.75, 3.05) is 5.73 Å². The summed E-state index contributed by atoms with van der Waals surface area (Å²) in [4.78, 5) is 11.5. The molecule has 0 atom stereocenters. The summed E-state index contributed by atoms with van der Waals surface area (Å²) in [5, 5.41) is 0.216. The molecule has 0 bridgehead atoms. The van der Waals surface area contributed by atoms with E-state index in [1.807, 2.05) is 6.07 Å². The second-order valence-corrected chi connectivity index (χ2v) is 6.10. The monoisotopic (exact) mass is 418 g/mol. The van der Waals surface area contributed by atoms with Crippen LogP contribution < -0.4 is 16.2 Å². The number of rotatable bonds is 3. The van der Waals surface area contributed by atoms with Gasteiger partial charge in [0, 0.05) is 10.2 Å². The van der Waals surface area contributed by atoms with Gasteiger partial charge in [-0.25, -0.2) is 0 Å². The molecular formula is C13H9Br2ClN2O2. The summed E-state index contributed by atoms with van der Waals surface area (Å²) in [6.07, 6.45) is 0. The molecule has 0 saturated carbocycles. The van der Waals surface area contributed by atoms with Gasteiger partial charge in [-0.05, 0) is 46.3 Å². The molecule has 104 valence electrons. The van der Waals surface area contributed by atoms with Crippen LogP contribution in [-0.4, -0.2) is 5.91 Å². The number of benzene rings is 2. The molecule has 0 aliphatic carbocycles. The Morgan fingerprint density at radius 3 is 2.50 bits per heavy atom. The molecule has 4 nitrogen and oxygen atoms in total. The predicted octanol–water partition coefficient (Wildman–Crippen LogP) is 4.34. The molecule has 4 N–H and O–H groups in total. The van der Waals surface area contributed by atoms with Gasteiger partial charge in [0.1, 0.15) is 5.75 Å². The van der Waals surface area contributed by atoms with E-state index in [1.165, 1.54) is 12.1 Å². The van der Waals surface area contributed by atoms with Gasteiger partial charge in [-0.3, -0.25) is 4.79 Å². The number of amides is 1. The third kappa shape index (κ3) is 3.26. The molecule has 0 radical (unpaired) electrons. The summed E-state index contributed by atoms with van der Waals surface area (Å²) in [7, 11) is 0. The SMILES string of the molecule is NC(=O)c1cc(N)cc(Cl)c1Oc1ccc(Br)cc1Br. The number of nitrogens with two attached hydrogens (primary N) is 2. The van der Waals surface area contributed by atoms with E-state index in [-0.39, 0.29) is 16.3 Å². The van der Waals surface area contributed by atoms with Gasteiger partial charge in [-0.1, -0.05) is 27.5 Å². The second-order valence-electron chi connectivity index (χ2n) is 3.92. The van der Waals surface area contributed by atoms with Crippen LogP contribution in [0.1, 0.15) is 10.4 Å². The number of ether oxygens (including phenoxy) is 1. The van der Waals surface area contributed by atoms with E-state index in [4.69, 9.17) is 27.8 Å². The minimum absolute atomic E-state index is 0.129. The Kier molecular flexibility index (Phi) is 4.57. The Balaban J connectivity index is 2.50. The lowest BCUT2D eigenvalue weighted by Crippen LogP contribution is -2.13. The van der Waals surface area contributed by atoms with Crippen molar-refractivity contribution in [1.29, 1.82) is 0 Å². The highest BCUT2D eigenvalue weighted by molar-refractivity contribution is 9.11.